The first kappa shape index (κ1) is 32.9. The predicted octanol–water partition coefficient (Wildman–Crippen LogP) is 7.85. The van der Waals surface area contributed by atoms with Gasteiger partial charge in [0.05, 0.1) is 18.8 Å². The number of aliphatic hydroxyl groups excluding tert-OH is 1. The molecule has 0 aliphatic carbocycles. The molecule has 1 amide bonds. The summed E-state index contributed by atoms with van der Waals surface area (Å²) in [6.07, 6.45) is 3.63. The molecule has 0 atom stereocenters. The van der Waals surface area contributed by atoms with Gasteiger partial charge < -0.3 is 24.6 Å². The van der Waals surface area contributed by atoms with Gasteiger partial charge in [-0.3, -0.25) is 9.78 Å². The SMILES string of the molecule is CCOC(=O)Cc1ccc(-c2ccnc(C)c2)cc1O/C(=C/C(=C(\C)O)c1cccc(CNC(=O)OC(C)(C)C)c1)CC. The summed E-state index contributed by atoms with van der Waals surface area (Å²) in [5.41, 5.74) is 5.05. The van der Waals surface area contributed by atoms with Gasteiger partial charge in [-0.25, -0.2) is 4.79 Å². The quantitative estimate of drug-likeness (QED) is 0.134. The van der Waals surface area contributed by atoms with Crippen LogP contribution in [0.5, 0.6) is 5.75 Å². The van der Waals surface area contributed by atoms with E-state index in [-0.39, 0.29) is 24.7 Å². The highest BCUT2D eigenvalue weighted by Crippen LogP contribution is 2.31. The van der Waals surface area contributed by atoms with E-state index < -0.39 is 11.7 Å². The molecule has 0 bridgehead atoms. The zero-order valence-electron chi connectivity index (χ0n) is 26.1. The van der Waals surface area contributed by atoms with E-state index in [1.807, 2.05) is 89.2 Å². The number of rotatable bonds is 11. The molecule has 8 nitrogen and oxygen atoms in total. The Hall–Kier alpha value is -4.59. The molecule has 2 aromatic carbocycles. The maximum atomic E-state index is 12.4. The summed E-state index contributed by atoms with van der Waals surface area (Å²) >= 11 is 0. The molecule has 0 radical (unpaired) electrons. The molecule has 0 aliphatic rings. The van der Waals surface area contributed by atoms with Crippen LogP contribution in [0.15, 0.2) is 78.4 Å². The third kappa shape index (κ3) is 10.3. The van der Waals surface area contributed by atoms with Crippen molar-refractivity contribution < 1.29 is 28.9 Å². The minimum Gasteiger partial charge on any atom is -0.512 e. The Morgan fingerprint density at radius 3 is 2.42 bits per heavy atom. The van der Waals surface area contributed by atoms with Gasteiger partial charge in [-0.15, -0.1) is 0 Å². The molecule has 3 aromatic rings. The average Bonchev–Trinajstić information content (AvgIpc) is 2.94. The normalized spacial score (nSPS) is 12.3. The maximum Gasteiger partial charge on any atom is 0.407 e. The Balaban J connectivity index is 1.94. The Morgan fingerprint density at radius 2 is 1.77 bits per heavy atom. The molecule has 1 heterocycles. The molecule has 228 valence electrons. The minimum atomic E-state index is -0.593. The molecule has 3 rings (SSSR count). The van der Waals surface area contributed by atoms with Crippen molar-refractivity contribution in [2.45, 2.75) is 73.5 Å². The van der Waals surface area contributed by atoms with Crippen molar-refractivity contribution in [3.63, 3.8) is 0 Å². The average molecular weight is 587 g/mol. The summed E-state index contributed by atoms with van der Waals surface area (Å²) in [6.45, 7) is 13.3. The first-order valence-corrected chi connectivity index (χ1v) is 14.4. The van der Waals surface area contributed by atoms with Crippen LogP contribution in [-0.4, -0.2) is 34.4 Å². The van der Waals surface area contributed by atoms with E-state index in [1.165, 1.54) is 0 Å². The fourth-order valence-electron chi connectivity index (χ4n) is 4.31. The summed E-state index contributed by atoms with van der Waals surface area (Å²) in [5, 5.41) is 13.5. The molecular weight excluding hydrogens is 544 g/mol. The second-order valence-electron chi connectivity index (χ2n) is 11.1. The second kappa shape index (κ2) is 15.0. The van der Waals surface area contributed by atoms with Gasteiger partial charge in [-0.05, 0) is 94.1 Å². The standard InChI is InChI=1S/C35H42N2O6/c1-8-30(21-31(24(4)38)28-12-10-11-25(18-28)22-37-34(40)43-35(5,6)7)42-32-19-26(27-15-16-36-23(3)17-27)13-14-29(32)20-33(39)41-9-2/h10-19,21,38H,8-9,20,22H2,1-7H3,(H,37,40)/b30-21+,31-24-. The number of hydrogen-bond donors (Lipinski definition) is 2. The van der Waals surface area contributed by atoms with Crippen molar-refractivity contribution in [3.05, 3.63) is 101 Å². The molecule has 0 spiro atoms. The van der Waals surface area contributed by atoms with Crippen molar-refractivity contribution in [2.24, 2.45) is 0 Å². The van der Waals surface area contributed by atoms with Gasteiger partial charge in [-0.1, -0.05) is 37.3 Å². The highest BCUT2D eigenvalue weighted by atomic mass is 16.6. The molecule has 1 aromatic heterocycles. The van der Waals surface area contributed by atoms with E-state index in [9.17, 15) is 14.7 Å². The number of amides is 1. The van der Waals surface area contributed by atoms with Gasteiger partial charge in [0, 0.05) is 36.0 Å². The van der Waals surface area contributed by atoms with Gasteiger partial charge in [0.15, 0.2) is 0 Å². The number of carbonyl (C=O) groups excluding carboxylic acids is 2. The second-order valence-corrected chi connectivity index (χ2v) is 11.1. The number of aliphatic hydroxyl groups is 1. The van der Waals surface area contributed by atoms with Crippen LogP contribution in [0.2, 0.25) is 0 Å². The van der Waals surface area contributed by atoms with Crippen molar-refractivity contribution in [2.75, 3.05) is 6.61 Å². The smallest absolute Gasteiger partial charge is 0.407 e. The molecule has 43 heavy (non-hydrogen) atoms. The van der Waals surface area contributed by atoms with Crippen LogP contribution in [0.3, 0.4) is 0 Å². The van der Waals surface area contributed by atoms with Crippen LogP contribution in [0.4, 0.5) is 4.79 Å². The lowest BCUT2D eigenvalue weighted by Crippen LogP contribution is -2.32. The summed E-state index contributed by atoms with van der Waals surface area (Å²) in [7, 11) is 0. The zero-order chi connectivity index (χ0) is 31.6. The van der Waals surface area contributed by atoms with Crippen LogP contribution in [0, 0.1) is 6.92 Å². The lowest BCUT2D eigenvalue weighted by Gasteiger charge is -2.19. The molecular formula is C35H42N2O6. The van der Waals surface area contributed by atoms with Crippen LogP contribution in [0.1, 0.15) is 70.3 Å². The lowest BCUT2D eigenvalue weighted by molar-refractivity contribution is -0.142. The molecule has 0 saturated heterocycles. The number of allylic oxidation sites excluding steroid dienone is 4. The van der Waals surface area contributed by atoms with E-state index in [0.717, 1.165) is 27.9 Å². The molecule has 0 fully saturated rings. The highest BCUT2D eigenvalue weighted by molar-refractivity contribution is 5.77. The van der Waals surface area contributed by atoms with Gasteiger partial charge >= 0.3 is 12.1 Å². The number of carbonyl (C=O) groups is 2. The number of aryl methyl sites for hydroxylation is 1. The lowest BCUT2D eigenvalue weighted by atomic mass is 10.0. The monoisotopic (exact) mass is 586 g/mol. The van der Waals surface area contributed by atoms with Crippen molar-refractivity contribution >= 4 is 17.6 Å². The topological polar surface area (TPSA) is 107 Å². The number of ether oxygens (including phenoxy) is 3. The van der Waals surface area contributed by atoms with Crippen molar-refractivity contribution in [3.8, 4) is 16.9 Å². The highest BCUT2D eigenvalue weighted by Gasteiger charge is 2.17. The zero-order valence-corrected chi connectivity index (χ0v) is 26.1. The van der Waals surface area contributed by atoms with Gasteiger partial charge in [-0.2, -0.15) is 0 Å². The molecule has 2 N–H and O–H groups in total. The maximum absolute atomic E-state index is 12.4. The predicted molar refractivity (Wildman–Crippen MR) is 168 cm³/mol. The fourth-order valence-corrected chi connectivity index (χ4v) is 4.31. The van der Waals surface area contributed by atoms with Gasteiger partial charge in [0.2, 0.25) is 0 Å². The molecule has 0 unspecified atom stereocenters. The summed E-state index contributed by atoms with van der Waals surface area (Å²) < 4.78 is 17.0. The van der Waals surface area contributed by atoms with E-state index in [1.54, 1.807) is 26.1 Å². The van der Waals surface area contributed by atoms with Crippen LogP contribution >= 0.6 is 0 Å². The Morgan fingerprint density at radius 1 is 1.02 bits per heavy atom. The van der Waals surface area contributed by atoms with E-state index in [0.29, 0.717) is 35.7 Å². The number of benzene rings is 2. The first-order chi connectivity index (χ1) is 20.4. The minimum absolute atomic E-state index is 0.0598. The fraction of sp³-hybridized carbons (Fsp3) is 0.343. The third-order valence-corrected chi connectivity index (χ3v) is 6.30. The Bertz CT molecular complexity index is 1500. The Kier molecular flexibility index (Phi) is 11.5. The molecule has 0 saturated carbocycles. The van der Waals surface area contributed by atoms with E-state index in [4.69, 9.17) is 14.2 Å². The van der Waals surface area contributed by atoms with Crippen molar-refractivity contribution in [1.82, 2.24) is 10.3 Å². The molecule has 0 aliphatic heterocycles. The number of pyridine rings is 1. The van der Waals surface area contributed by atoms with Crippen LogP contribution in [-0.2, 0) is 27.2 Å². The van der Waals surface area contributed by atoms with E-state index >= 15 is 0 Å². The van der Waals surface area contributed by atoms with Crippen molar-refractivity contribution in [1.29, 1.82) is 0 Å². The summed E-state index contributed by atoms with van der Waals surface area (Å²) in [6, 6.07) is 17.2. The largest absolute Gasteiger partial charge is 0.512 e. The Labute approximate surface area is 254 Å². The first-order valence-electron chi connectivity index (χ1n) is 14.4. The van der Waals surface area contributed by atoms with Gasteiger partial charge in [0.25, 0.3) is 0 Å². The number of aromatic nitrogens is 1. The van der Waals surface area contributed by atoms with Crippen LogP contribution in [0.25, 0.3) is 16.7 Å². The number of hydrogen-bond acceptors (Lipinski definition) is 7. The number of nitrogens with one attached hydrogen (secondary N) is 1. The van der Waals surface area contributed by atoms with E-state index in [2.05, 4.69) is 10.3 Å². The number of alkyl carbamates (subject to hydrolysis) is 1. The molecule has 8 heteroatoms. The number of nitrogens with zero attached hydrogens (tertiary/aromatic N) is 1. The summed E-state index contributed by atoms with van der Waals surface area (Å²) in [5.74, 6) is 0.886. The van der Waals surface area contributed by atoms with Gasteiger partial charge in [0.1, 0.15) is 17.1 Å². The van der Waals surface area contributed by atoms with Crippen LogP contribution < -0.4 is 10.1 Å². The third-order valence-electron chi connectivity index (χ3n) is 6.30. The summed E-state index contributed by atoms with van der Waals surface area (Å²) in [4.78, 5) is 28.8. The number of esters is 1.